The lowest BCUT2D eigenvalue weighted by Gasteiger charge is -2.22. The Morgan fingerprint density at radius 1 is 1.36 bits per heavy atom. The van der Waals surface area contributed by atoms with E-state index in [0.29, 0.717) is 12.8 Å². The van der Waals surface area contributed by atoms with Crippen molar-refractivity contribution in [1.82, 2.24) is 0 Å². The van der Waals surface area contributed by atoms with Crippen LogP contribution in [0.15, 0.2) is 0 Å². The van der Waals surface area contributed by atoms with Gasteiger partial charge in [-0.2, -0.15) is 0 Å². The van der Waals surface area contributed by atoms with E-state index in [4.69, 9.17) is 4.74 Å². The normalized spacial score (nSPS) is 31.7. The van der Waals surface area contributed by atoms with Crippen molar-refractivity contribution in [3.8, 4) is 0 Å². The van der Waals surface area contributed by atoms with Crippen molar-refractivity contribution in [1.29, 1.82) is 0 Å². The molecule has 64 valence electrons. The molecule has 1 rings (SSSR count). The number of rotatable bonds is 2. The van der Waals surface area contributed by atoms with Crippen LogP contribution in [-0.2, 0) is 4.74 Å². The van der Waals surface area contributed by atoms with Gasteiger partial charge in [-0.25, -0.2) is 0 Å². The van der Waals surface area contributed by atoms with Gasteiger partial charge in [0.2, 0.25) is 6.04 Å². The summed E-state index contributed by atoms with van der Waals surface area (Å²) >= 11 is 0. The number of ether oxygens (including phenoxy) is 1. The van der Waals surface area contributed by atoms with E-state index in [0.717, 1.165) is 12.8 Å². The number of nitrogens with zero attached hydrogens (tertiary/aromatic N) is 1. The summed E-state index contributed by atoms with van der Waals surface area (Å²) in [6.07, 6.45) is 3.27. The van der Waals surface area contributed by atoms with Crippen LogP contribution in [0, 0.1) is 10.1 Å². The minimum atomic E-state index is -0.318. The van der Waals surface area contributed by atoms with Crippen molar-refractivity contribution < 1.29 is 9.66 Å². The molecular weight excluding hydrogens is 146 g/mol. The van der Waals surface area contributed by atoms with Crippen molar-refractivity contribution in [2.24, 2.45) is 0 Å². The third-order valence-electron chi connectivity index (χ3n) is 2.28. The quantitative estimate of drug-likeness (QED) is 0.449. The first kappa shape index (κ1) is 8.46. The summed E-state index contributed by atoms with van der Waals surface area (Å²) in [5.74, 6) is 0. The summed E-state index contributed by atoms with van der Waals surface area (Å²) in [4.78, 5) is 10.1. The first-order valence-corrected chi connectivity index (χ1v) is 3.90. The van der Waals surface area contributed by atoms with Crippen LogP contribution in [0.5, 0.6) is 0 Å². The Morgan fingerprint density at radius 2 is 1.91 bits per heavy atom. The first-order valence-electron chi connectivity index (χ1n) is 3.90. The Bertz CT molecular complexity index is 141. The van der Waals surface area contributed by atoms with Gasteiger partial charge in [0.15, 0.2) is 0 Å². The van der Waals surface area contributed by atoms with Crippen molar-refractivity contribution in [3.05, 3.63) is 10.1 Å². The van der Waals surface area contributed by atoms with E-state index in [1.165, 1.54) is 0 Å². The minimum absolute atomic E-state index is 0.175. The van der Waals surface area contributed by atoms with Crippen LogP contribution in [0.4, 0.5) is 0 Å². The van der Waals surface area contributed by atoms with Crippen LogP contribution >= 0.6 is 0 Å². The molecular formula is C7H13NO3. The van der Waals surface area contributed by atoms with E-state index in [9.17, 15) is 10.1 Å². The van der Waals surface area contributed by atoms with Crippen LogP contribution in [0.1, 0.15) is 25.7 Å². The van der Waals surface area contributed by atoms with E-state index in [1.54, 1.807) is 7.11 Å². The highest BCUT2D eigenvalue weighted by Gasteiger charge is 2.27. The van der Waals surface area contributed by atoms with Crippen LogP contribution in [-0.4, -0.2) is 24.2 Å². The SMILES string of the molecule is COC1CCC([N+](=O)[O-])CC1. The fourth-order valence-corrected chi connectivity index (χ4v) is 1.49. The Morgan fingerprint density at radius 3 is 2.27 bits per heavy atom. The molecule has 0 atom stereocenters. The van der Waals surface area contributed by atoms with Crippen LogP contribution in [0.2, 0.25) is 0 Å². The summed E-state index contributed by atoms with van der Waals surface area (Å²) in [6, 6.07) is -0.318. The second-order valence-corrected chi connectivity index (χ2v) is 2.95. The van der Waals surface area contributed by atoms with E-state index >= 15 is 0 Å². The largest absolute Gasteiger partial charge is 0.381 e. The molecule has 1 aliphatic rings. The molecule has 0 aromatic rings. The summed E-state index contributed by atoms with van der Waals surface area (Å²) in [5, 5.41) is 10.3. The van der Waals surface area contributed by atoms with E-state index in [1.807, 2.05) is 0 Å². The Hall–Kier alpha value is -0.640. The maximum Gasteiger partial charge on any atom is 0.213 e. The average molecular weight is 159 g/mol. The van der Waals surface area contributed by atoms with Crippen LogP contribution in [0.3, 0.4) is 0 Å². The standard InChI is InChI=1S/C7H13NO3/c1-11-7-4-2-6(3-5-7)8(9)10/h6-7H,2-5H2,1H3. The Balaban J connectivity index is 2.30. The number of nitro groups is 1. The first-order chi connectivity index (χ1) is 5.24. The minimum Gasteiger partial charge on any atom is -0.381 e. The Labute approximate surface area is 65.7 Å². The number of hydrogen-bond acceptors (Lipinski definition) is 3. The zero-order valence-corrected chi connectivity index (χ0v) is 6.66. The molecule has 0 spiro atoms. The smallest absolute Gasteiger partial charge is 0.213 e. The second kappa shape index (κ2) is 3.67. The lowest BCUT2D eigenvalue weighted by molar-refractivity contribution is -0.527. The predicted molar refractivity (Wildman–Crippen MR) is 40.0 cm³/mol. The Kier molecular flexibility index (Phi) is 2.82. The topological polar surface area (TPSA) is 52.4 Å². The molecule has 0 heterocycles. The van der Waals surface area contributed by atoms with Gasteiger partial charge in [-0.3, -0.25) is 10.1 Å². The number of hydrogen-bond donors (Lipinski definition) is 0. The second-order valence-electron chi connectivity index (χ2n) is 2.95. The number of methoxy groups -OCH3 is 1. The molecule has 1 fully saturated rings. The third-order valence-corrected chi connectivity index (χ3v) is 2.28. The summed E-state index contributed by atoms with van der Waals surface area (Å²) in [6.45, 7) is 0. The van der Waals surface area contributed by atoms with Crippen molar-refractivity contribution >= 4 is 0 Å². The molecule has 0 aliphatic heterocycles. The van der Waals surface area contributed by atoms with Gasteiger partial charge in [0.05, 0.1) is 6.10 Å². The molecule has 1 saturated carbocycles. The third kappa shape index (κ3) is 2.15. The van der Waals surface area contributed by atoms with Gasteiger partial charge in [-0.1, -0.05) is 0 Å². The van der Waals surface area contributed by atoms with Gasteiger partial charge in [0.1, 0.15) is 0 Å². The fraction of sp³-hybridized carbons (Fsp3) is 1.00. The van der Waals surface area contributed by atoms with Gasteiger partial charge in [0, 0.05) is 24.9 Å². The maximum absolute atomic E-state index is 10.3. The van der Waals surface area contributed by atoms with Gasteiger partial charge in [-0.15, -0.1) is 0 Å². The molecule has 0 aromatic heterocycles. The van der Waals surface area contributed by atoms with Gasteiger partial charge < -0.3 is 4.74 Å². The zero-order valence-electron chi connectivity index (χ0n) is 6.66. The monoisotopic (exact) mass is 159 g/mol. The van der Waals surface area contributed by atoms with Crippen molar-refractivity contribution in [3.63, 3.8) is 0 Å². The maximum atomic E-state index is 10.3. The molecule has 0 aromatic carbocycles. The highest BCUT2D eigenvalue weighted by atomic mass is 16.6. The molecule has 0 unspecified atom stereocenters. The average Bonchev–Trinajstić information content (AvgIpc) is 2.05. The molecule has 0 radical (unpaired) electrons. The highest BCUT2D eigenvalue weighted by molar-refractivity contribution is 4.71. The van der Waals surface area contributed by atoms with Gasteiger partial charge >= 0.3 is 0 Å². The summed E-state index contributed by atoms with van der Waals surface area (Å²) < 4.78 is 5.10. The molecule has 0 bridgehead atoms. The fourth-order valence-electron chi connectivity index (χ4n) is 1.49. The molecule has 0 amide bonds. The van der Waals surface area contributed by atoms with Gasteiger partial charge in [0.25, 0.3) is 0 Å². The van der Waals surface area contributed by atoms with E-state index in [2.05, 4.69) is 0 Å². The predicted octanol–water partition coefficient (Wildman–Crippen LogP) is 1.22. The molecule has 0 saturated heterocycles. The summed E-state index contributed by atoms with van der Waals surface area (Å²) in [7, 11) is 1.66. The van der Waals surface area contributed by atoms with Crippen LogP contribution < -0.4 is 0 Å². The van der Waals surface area contributed by atoms with Crippen molar-refractivity contribution in [2.75, 3.05) is 7.11 Å². The lowest BCUT2D eigenvalue weighted by Crippen LogP contribution is -2.29. The zero-order chi connectivity index (χ0) is 8.27. The molecule has 0 N–H and O–H groups in total. The summed E-state index contributed by atoms with van der Waals surface area (Å²) in [5.41, 5.74) is 0. The van der Waals surface area contributed by atoms with Crippen LogP contribution in [0.25, 0.3) is 0 Å². The molecule has 4 heteroatoms. The van der Waals surface area contributed by atoms with Gasteiger partial charge in [-0.05, 0) is 12.8 Å². The lowest BCUT2D eigenvalue weighted by atomic mass is 9.93. The van der Waals surface area contributed by atoms with Crippen molar-refractivity contribution in [2.45, 2.75) is 37.8 Å². The molecule has 4 nitrogen and oxygen atoms in total. The molecule has 11 heavy (non-hydrogen) atoms. The van der Waals surface area contributed by atoms with E-state index < -0.39 is 0 Å². The van der Waals surface area contributed by atoms with E-state index in [-0.39, 0.29) is 17.1 Å². The highest BCUT2D eigenvalue weighted by Crippen LogP contribution is 2.22. The molecule has 1 aliphatic carbocycles.